The van der Waals surface area contributed by atoms with Gasteiger partial charge in [0.2, 0.25) is 0 Å². The minimum atomic E-state index is 0.0597. The molecule has 70 valence electrons. The lowest BCUT2D eigenvalue weighted by Gasteiger charge is -1.99. The number of aliphatic hydroxyl groups is 1. The van der Waals surface area contributed by atoms with E-state index < -0.39 is 0 Å². The van der Waals surface area contributed by atoms with E-state index in [1.807, 2.05) is 19.1 Å². The third kappa shape index (κ3) is 3.21. The van der Waals surface area contributed by atoms with Gasteiger partial charge in [-0.1, -0.05) is 0 Å². The Hall–Kier alpha value is -0.190. The van der Waals surface area contributed by atoms with Crippen LogP contribution in [0.2, 0.25) is 0 Å². The first-order chi connectivity index (χ1) is 6.13. The molecule has 0 spiro atoms. The van der Waals surface area contributed by atoms with E-state index >= 15 is 0 Å². The quantitative estimate of drug-likeness (QED) is 0.911. The predicted molar refractivity (Wildman–Crippen MR) is 60.4 cm³/mol. The second-order valence-electron chi connectivity index (χ2n) is 2.67. The Morgan fingerprint density at radius 1 is 1.62 bits per heavy atom. The van der Waals surface area contributed by atoms with Crippen LogP contribution in [0.1, 0.15) is 12.6 Å². The highest BCUT2D eigenvalue weighted by Gasteiger charge is 1.99. The van der Waals surface area contributed by atoms with Gasteiger partial charge in [-0.2, -0.15) is 0 Å². The Bertz CT molecular complexity index is 336. The van der Waals surface area contributed by atoms with Crippen molar-refractivity contribution in [1.82, 2.24) is 4.98 Å². The zero-order valence-electron chi connectivity index (χ0n) is 7.09. The van der Waals surface area contributed by atoms with Crippen molar-refractivity contribution in [3.63, 3.8) is 0 Å². The smallest absolute Gasteiger partial charge is 0.0772 e. The van der Waals surface area contributed by atoms with Crippen LogP contribution in [-0.4, -0.2) is 16.7 Å². The number of aliphatic hydroxyl groups excluding tert-OH is 1. The number of pyridine rings is 1. The first kappa shape index (κ1) is 10.9. The van der Waals surface area contributed by atoms with E-state index in [2.05, 4.69) is 36.8 Å². The van der Waals surface area contributed by atoms with E-state index in [9.17, 15) is 0 Å². The molecule has 0 saturated heterocycles. The molecule has 0 aliphatic carbocycles. The van der Waals surface area contributed by atoms with Crippen LogP contribution < -0.4 is 0 Å². The third-order valence-corrected chi connectivity index (χ3v) is 2.54. The number of hydrogen-bond donors (Lipinski definition) is 1. The number of nitrogens with zero attached hydrogens (tertiary/aromatic N) is 1. The van der Waals surface area contributed by atoms with Crippen molar-refractivity contribution in [2.75, 3.05) is 6.61 Å². The fourth-order valence-electron chi connectivity index (χ4n) is 0.810. The second kappa shape index (κ2) is 4.88. The Kier molecular flexibility index (Phi) is 4.09. The summed E-state index contributed by atoms with van der Waals surface area (Å²) in [6.07, 6.45) is 3.57. The molecule has 0 fully saturated rings. The van der Waals surface area contributed by atoms with Crippen molar-refractivity contribution in [1.29, 1.82) is 0 Å². The van der Waals surface area contributed by atoms with E-state index in [4.69, 9.17) is 5.11 Å². The maximum Gasteiger partial charge on any atom is 0.0772 e. The molecule has 4 heteroatoms. The molecule has 1 N–H and O–H groups in total. The standard InChI is InChI=1S/C9H9Br2NO/c1-6(5-13)2-9-8(11)3-7(10)4-12-9/h2-4,13H,5H2,1H3. The lowest BCUT2D eigenvalue weighted by atomic mass is 10.2. The summed E-state index contributed by atoms with van der Waals surface area (Å²) in [5.74, 6) is 0. The predicted octanol–water partition coefficient (Wildman–Crippen LogP) is 3.00. The molecule has 1 heterocycles. The molecule has 0 aliphatic heterocycles. The summed E-state index contributed by atoms with van der Waals surface area (Å²) in [6, 6.07) is 1.92. The van der Waals surface area contributed by atoms with Crippen molar-refractivity contribution < 1.29 is 5.11 Å². The van der Waals surface area contributed by atoms with Gasteiger partial charge in [-0.15, -0.1) is 0 Å². The minimum absolute atomic E-state index is 0.0597. The topological polar surface area (TPSA) is 33.1 Å². The van der Waals surface area contributed by atoms with Crippen molar-refractivity contribution in [2.24, 2.45) is 0 Å². The highest BCUT2D eigenvalue weighted by atomic mass is 79.9. The first-order valence-corrected chi connectivity index (χ1v) is 5.31. The summed E-state index contributed by atoms with van der Waals surface area (Å²) < 4.78 is 1.84. The monoisotopic (exact) mass is 305 g/mol. The van der Waals surface area contributed by atoms with Crippen LogP contribution in [0, 0.1) is 0 Å². The Balaban J connectivity index is 3.03. The number of rotatable bonds is 2. The summed E-state index contributed by atoms with van der Waals surface area (Å²) in [5.41, 5.74) is 1.71. The summed E-state index contributed by atoms with van der Waals surface area (Å²) in [5, 5.41) is 8.82. The molecule has 13 heavy (non-hydrogen) atoms. The number of aromatic nitrogens is 1. The van der Waals surface area contributed by atoms with Crippen LogP contribution >= 0.6 is 31.9 Å². The molecule has 0 aromatic carbocycles. The first-order valence-electron chi connectivity index (χ1n) is 3.72. The molecular formula is C9H9Br2NO. The Labute approximate surface area is 94.0 Å². The summed E-state index contributed by atoms with van der Waals surface area (Å²) >= 11 is 6.70. The molecule has 0 bridgehead atoms. The van der Waals surface area contributed by atoms with Crippen LogP contribution in [0.25, 0.3) is 6.08 Å². The van der Waals surface area contributed by atoms with Gasteiger partial charge in [-0.3, -0.25) is 4.98 Å². The largest absolute Gasteiger partial charge is 0.392 e. The highest BCUT2D eigenvalue weighted by Crippen LogP contribution is 2.21. The molecule has 0 amide bonds. The zero-order chi connectivity index (χ0) is 9.84. The second-order valence-corrected chi connectivity index (χ2v) is 4.44. The van der Waals surface area contributed by atoms with E-state index in [1.165, 1.54) is 0 Å². The molecular weight excluding hydrogens is 298 g/mol. The van der Waals surface area contributed by atoms with E-state index in [0.29, 0.717) is 0 Å². The minimum Gasteiger partial charge on any atom is -0.392 e. The van der Waals surface area contributed by atoms with Crippen LogP contribution in [0.5, 0.6) is 0 Å². The Morgan fingerprint density at radius 2 is 2.31 bits per heavy atom. The van der Waals surface area contributed by atoms with E-state index in [0.717, 1.165) is 20.2 Å². The van der Waals surface area contributed by atoms with E-state index in [1.54, 1.807) is 6.20 Å². The van der Waals surface area contributed by atoms with Gasteiger partial charge in [0, 0.05) is 15.1 Å². The van der Waals surface area contributed by atoms with Crippen LogP contribution in [-0.2, 0) is 0 Å². The zero-order valence-corrected chi connectivity index (χ0v) is 10.3. The molecule has 0 aliphatic rings. The SMILES string of the molecule is CC(=Cc1ncc(Br)cc1Br)CO. The van der Waals surface area contributed by atoms with Gasteiger partial charge in [0.25, 0.3) is 0 Å². The maximum atomic E-state index is 8.82. The molecule has 0 atom stereocenters. The molecule has 1 aromatic heterocycles. The number of halogens is 2. The van der Waals surface area contributed by atoms with Gasteiger partial charge in [-0.05, 0) is 56.5 Å². The third-order valence-electron chi connectivity index (χ3n) is 1.47. The van der Waals surface area contributed by atoms with E-state index in [-0.39, 0.29) is 6.61 Å². The van der Waals surface area contributed by atoms with Crippen molar-refractivity contribution in [3.05, 3.63) is 32.5 Å². The molecule has 1 rings (SSSR count). The lowest BCUT2D eigenvalue weighted by Crippen LogP contribution is -1.87. The molecule has 2 nitrogen and oxygen atoms in total. The lowest BCUT2D eigenvalue weighted by molar-refractivity contribution is 0.332. The molecule has 1 aromatic rings. The van der Waals surface area contributed by atoms with Crippen molar-refractivity contribution >= 4 is 37.9 Å². The van der Waals surface area contributed by atoms with Gasteiger partial charge in [-0.25, -0.2) is 0 Å². The fourth-order valence-corrected chi connectivity index (χ4v) is 1.91. The number of hydrogen-bond acceptors (Lipinski definition) is 2. The van der Waals surface area contributed by atoms with Gasteiger partial charge in [0.1, 0.15) is 0 Å². The fraction of sp³-hybridized carbons (Fsp3) is 0.222. The maximum absolute atomic E-state index is 8.82. The highest BCUT2D eigenvalue weighted by molar-refractivity contribution is 9.11. The van der Waals surface area contributed by atoms with Gasteiger partial charge in [0.15, 0.2) is 0 Å². The van der Waals surface area contributed by atoms with Crippen LogP contribution in [0.15, 0.2) is 26.8 Å². The molecule has 0 unspecified atom stereocenters. The van der Waals surface area contributed by atoms with Crippen molar-refractivity contribution in [2.45, 2.75) is 6.92 Å². The average Bonchev–Trinajstić information content (AvgIpc) is 2.09. The summed E-state index contributed by atoms with van der Waals surface area (Å²) in [6.45, 7) is 1.92. The summed E-state index contributed by atoms with van der Waals surface area (Å²) in [7, 11) is 0. The molecule has 0 saturated carbocycles. The summed E-state index contributed by atoms with van der Waals surface area (Å²) in [4.78, 5) is 4.18. The van der Waals surface area contributed by atoms with Gasteiger partial charge in [0.05, 0.1) is 12.3 Å². The van der Waals surface area contributed by atoms with Gasteiger partial charge < -0.3 is 5.11 Å². The average molecular weight is 307 g/mol. The normalized spacial score (nSPS) is 11.8. The van der Waals surface area contributed by atoms with Crippen LogP contribution in [0.4, 0.5) is 0 Å². The van der Waals surface area contributed by atoms with Crippen molar-refractivity contribution in [3.8, 4) is 0 Å². The van der Waals surface area contributed by atoms with Gasteiger partial charge >= 0.3 is 0 Å². The molecule has 0 radical (unpaired) electrons. The van der Waals surface area contributed by atoms with Crippen LogP contribution in [0.3, 0.4) is 0 Å². The Morgan fingerprint density at radius 3 is 2.85 bits per heavy atom.